The Morgan fingerprint density at radius 2 is 1.85 bits per heavy atom. The van der Waals surface area contributed by atoms with Crippen molar-refractivity contribution in [2.75, 3.05) is 26.2 Å². The Kier molecular flexibility index (Phi) is 7.80. The third kappa shape index (κ3) is 5.53. The maximum absolute atomic E-state index is 12.7. The molecule has 6 nitrogen and oxygen atoms in total. The van der Waals surface area contributed by atoms with Crippen LogP contribution in [0.25, 0.3) is 0 Å². The van der Waals surface area contributed by atoms with E-state index in [1.807, 2.05) is 29.2 Å². The van der Waals surface area contributed by atoms with Gasteiger partial charge in [-0.3, -0.25) is 19.7 Å². The molecular weight excluding hydrogens is 366 g/mol. The standard InChI is InChI=1S/C20H27N3O3.ClH/c1-2-21-13-15-7-9-23(10-8-15)20(26)16-5-3-14(4-6-16)11-17-12-18(24)22-19(17)25;/h3-6,15,17,21H,2,7-13H2,1H3,(H,22,24,25);1H. The van der Waals surface area contributed by atoms with Crippen molar-refractivity contribution >= 4 is 30.1 Å². The lowest BCUT2D eigenvalue weighted by atomic mass is 9.95. The summed E-state index contributed by atoms with van der Waals surface area (Å²) in [6.07, 6.45) is 2.87. The predicted molar refractivity (Wildman–Crippen MR) is 106 cm³/mol. The van der Waals surface area contributed by atoms with E-state index < -0.39 is 0 Å². The maximum atomic E-state index is 12.7. The van der Waals surface area contributed by atoms with Gasteiger partial charge in [-0.15, -0.1) is 12.4 Å². The number of piperidine rings is 1. The van der Waals surface area contributed by atoms with Crippen molar-refractivity contribution in [3.05, 3.63) is 35.4 Å². The fraction of sp³-hybridized carbons (Fsp3) is 0.550. The number of hydrogen-bond acceptors (Lipinski definition) is 4. The van der Waals surface area contributed by atoms with E-state index in [0.29, 0.717) is 17.9 Å². The zero-order valence-corrected chi connectivity index (χ0v) is 16.5. The Balaban J connectivity index is 0.00000261. The fourth-order valence-electron chi connectivity index (χ4n) is 3.71. The number of halogens is 1. The summed E-state index contributed by atoms with van der Waals surface area (Å²) in [5, 5.41) is 5.72. The predicted octanol–water partition coefficient (Wildman–Crippen LogP) is 1.78. The van der Waals surface area contributed by atoms with Gasteiger partial charge in [-0.1, -0.05) is 19.1 Å². The van der Waals surface area contributed by atoms with Crippen LogP contribution in [0.3, 0.4) is 0 Å². The fourth-order valence-corrected chi connectivity index (χ4v) is 3.71. The van der Waals surface area contributed by atoms with Crippen LogP contribution in [0.15, 0.2) is 24.3 Å². The molecule has 3 rings (SSSR count). The first-order valence-electron chi connectivity index (χ1n) is 9.49. The molecule has 2 saturated heterocycles. The number of imide groups is 1. The number of hydrogen-bond donors (Lipinski definition) is 2. The average molecular weight is 394 g/mol. The van der Waals surface area contributed by atoms with E-state index in [1.165, 1.54) is 0 Å². The third-order valence-corrected chi connectivity index (χ3v) is 5.33. The molecule has 2 aliphatic heterocycles. The number of carbonyl (C=O) groups is 3. The number of likely N-dealkylation sites (tertiary alicyclic amines) is 1. The second-order valence-electron chi connectivity index (χ2n) is 7.26. The lowest BCUT2D eigenvalue weighted by Crippen LogP contribution is -2.40. The Morgan fingerprint density at radius 1 is 1.19 bits per heavy atom. The number of nitrogens with zero attached hydrogens (tertiary/aromatic N) is 1. The largest absolute Gasteiger partial charge is 0.339 e. The third-order valence-electron chi connectivity index (χ3n) is 5.33. The molecule has 2 aliphatic rings. The van der Waals surface area contributed by atoms with E-state index in [-0.39, 0.29) is 42.5 Å². The highest BCUT2D eigenvalue weighted by Gasteiger charge is 2.30. The highest BCUT2D eigenvalue weighted by molar-refractivity contribution is 6.03. The Bertz CT molecular complexity index is 670. The summed E-state index contributed by atoms with van der Waals surface area (Å²) < 4.78 is 0. The molecule has 0 bridgehead atoms. The molecule has 1 aromatic carbocycles. The lowest BCUT2D eigenvalue weighted by molar-refractivity contribution is -0.125. The van der Waals surface area contributed by atoms with Crippen LogP contribution in [0.2, 0.25) is 0 Å². The van der Waals surface area contributed by atoms with Gasteiger partial charge in [0, 0.05) is 25.1 Å². The van der Waals surface area contributed by atoms with Crippen molar-refractivity contribution in [2.24, 2.45) is 11.8 Å². The van der Waals surface area contributed by atoms with Gasteiger partial charge in [-0.2, -0.15) is 0 Å². The first-order valence-corrected chi connectivity index (χ1v) is 9.49. The normalized spacial score (nSPS) is 20.3. The molecule has 7 heteroatoms. The zero-order chi connectivity index (χ0) is 18.5. The molecule has 0 aromatic heterocycles. The van der Waals surface area contributed by atoms with Crippen molar-refractivity contribution in [3.8, 4) is 0 Å². The van der Waals surface area contributed by atoms with E-state index in [2.05, 4.69) is 17.6 Å². The van der Waals surface area contributed by atoms with Crippen molar-refractivity contribution < 1.29 is 14.4 Å². The molecule has 1 aromatic rings. The summed E-state index contributed by atoms with van der Waals surface area (Å²) in [5.41, 5.74) is 1.66. The van der Waals surface area contributed by atoms with Gasteiger partial charge in [0.15, 0.2) is 0 Å². The maximum Gasteiger partial charge on any atom is 0.253 e. The van der Waals surface area contributed by atoms with Crippen molar-refractivity contribution in [1.29, 1.82) is 0 Å². The second kappa shape index (κ2) is 9.85. The molecule has 1 atom stereocenters. The smallest absolute Gasteiger partial charge is 0.253 e. The van der Waals surface area contributed by atoms with Crippen LogP contribution in [0, 0.1) is 11.8 Å². The molecule has 0 radical (unpaired) electrons. The van der Waals surface area contributed by atoms with Gasteiger partial charge < -0.3 is 10.2 Å². The first kappa shape index (κ1) is 21.4. The molecule has 1 unspecified atom stereocenters. The minimum absolute atomic E-state index is 0. The van der Waals surface area contributed by atoms with E-state index in [4.69, 9.17) is 0 Å². The quantitative estimate of drug-likeness (QED) is 0.722. The van der Waals surface area contributed by atoms with Crippen molar-refractivity contribution in [3.63, 3.8) is 0 Å². The number of nitrogens with one attached hydrogen (secondary N) is 2. The van der Waals surface area contributed by atoms with E-state index in [1.54, 1.807) is 0 Å². The number of amides is 3. The van der Waals surface area contributed by atoms with Gasteiger partial charge in [-0.05, 0) is 56.0 Å². The number of benzene rings is 1. The Morgan fingerprint density at radius 3 is 2.41 bits per heavy atom. The number of rotatable bonds is 6. The Hall–Kier alpha value is -1.92. The molecule has 0 saturated carbocycles. The van der Waals surface area contributed by atoms with Gasteiger partial charge in [0.2, 0.25) is 11.8 Å². The SMILES string of the molecule is CCNCC1CCN(C(=O)c2ccc(CC3CC(=O)NC3=O)cc2)CC1.Cl. The molecular formula is C20H28ClN3O3. The second-order valence-corrected chi connectivity index (χ2v) is 7.26. The van der Waals surface area contributed by atoms with Gasteiger partial charge in [0.1, 0.15) is 0 Å². The van der Waals surface area contributed by atoms with Crippen molar-refractivity contribution in [2.45, 2.75) is 32.6 Å². The molecule has 2 heterocycles. The van der Waals surface area contributed by atoms with E-state index in [0.717, 1.165) is 44.6 Å². The number of carbonyl (C=O) groups excluding carboxylic acids is 3. The van der Waals surface area contributed by atoms with Gasteiger partial charge >= 0.3 is 0 Å². The Labute approximate surface area is 166 Å². The first-order chi connectivity index (χ1) is 12.6. The lowest BCUT2D eigenvalue weighted by Gasteiger charge is -2.32. The molecule has 0 spiro atoms. The highest BCUT2D eigenvalue weighted by Crippen LogP contribution is 2.20. The van der Waals surface area contributed by atoms with Crippen LogP contribution < -0.4 is 10.6 Å². The monoisotopic (exact) mass is 393 g/mol. The molecule has 2 N–H and O–H groups in total. The molecule has 0 aliphatic carbocycles. The van der Waals surface area contributed by atoms with Crippen LogP contribution in [-0.2, 0) is 16.0 Å². The van der Waals surface area contributed by atoms with Crippen LogP contribution in [0.1, 0.15) is 42.1 Å². The molecule has 148 valence electrons. The average Bonchev–Trinajstić information content (AvgIpc) is 2.97. The van der Waals surface area contributed by atoms with Crippen LogP contribution in [0.5, 0.6) is 0 Å². The molecule has 2 fully saturated rings. The highest BCUT2D eigenvalue weighted by atomic mass is 35.5. The summed E-state index contributed by atoms with van der Waals surface area (Å²) in [6, 6.07) is 7.44. The van der Waals surface area contributed by atoms with Gasteiger partial charge in [0.25, 0.3) is 5.91 Å². The van der Waals surface area contributed by atoms with Crippen molar-refractivity contribution in [1.82, 2.24) is 15.5 Å². The summed E-state index contributed by atoms with van der Waals surface area (Å²) >= 11 is 0. The minimum atomic E-state index is -0.292. The molecule has 27 heavy (non-hydrogen) atoms. The summed E-state index contributed by atoms with van der Waals surface area (Å²) in [7, 11) is 0. The van der Waals surface area contributed by atoms with Crippen LogP contribution >= 0.6 is 12.4 Å². The summed E-state index contributed by atoms with van der Waals surface area (Å²) in [4.78, 5) is 37.5. The van der Waals surface area contributed by atoms with Crippen LogP contribution in [0.4, 0.5) is 0 Å². The van der Waals surface area contributed by atoms with Gasteiger partial charge in [0.05, 0.1) is 5.92 Å². The minimum Gasteiger partial charge on any atom is -0.339 e. The summed E-state index contributed by atoms with van der Waals surface area (Å²) in [5.74, 6) is 0.0358. The van der Waals surface area contributed by atoms with Crippen LogP contribution in [-0.4, -0.2) is 48.8 Å². The topological polar surface area (TPSA) is 78.5 Å². The van der Waals surface area contributed by atoms with Gasteiger partial charge in [-0.25, -0.2) is 0 Å². The zero-order valence-electron chi connectivity index (χ0n) is 15.7. The molecule has 3 amide bonds. The van der Waals surface area contributed by atoms with E-state index >= 15 is 0 Å². The van der Waals surface area contributed by atoms with E-state index in [9.17, 15) is 14.4 Å². The summed E-state index contributed by atoms with van der Waals surface area (Å²) in [6.45, 7) is 5.74.